The minimum atomic E-state index is -0.674. The molecule has 0 aliphatic carbocycles. The third-order valence-corrected chi connectivity index (χ3v) is 6.63. The van der Waals surface area contributed by atoms with Gasteiger partial charge in [0, 0.05) is 24.8 Å². The molecule has 1 heterocycles. The van der Waals surface area contributed by atoms with Crippen molar-refractivity contribution in [1.82, 2.24) is 0 Å². The Bertz CT molecular complexity index is 1110. The van der Waals surface area contributed by atoms with Crippen LogP contribution in [0.2, 0.25) is 5.02 Å². The van der Waals surface area contributed by atoms with E-state index in [-0.39, 0.29) is 29.1 Å². The fourth-order valence-corrected chi connectivity index (χ4v) is 4.76. The molecule has 0 aromatic heterocycles. The highest BCUT2D eigenvalue weighted by molar-refractivity contribution is 6.31. The first-order chi connectivity index (χ1) is 16.5. The van der Waals surface area contributed by atoms with E-state index in [1.165, 1.54) is 26.8 Å². The molecule has 7 nitrogen and oxygen atoms in total. The predicted octanol–water partition coefficient (Wildman–Crippen LogP) is 5.19. The van der Waals surface area contributed by atoms with Gasteiger partial charge in [-0.2, -0.15) is 0 Å². The SMILES string of the molecule is CC[C@H]1O[C@@H](c2ccc(Cl)c(Cc3ccc(O)c(C(C)=O)c3)c2)[C@H](OC(C)=O)[C@@H](C)[C@@H]1OC(C)=O. The molecule has 1 fully saturated rings. The molecule has 0 bridgehead atoms. The summed E-state index contributed by atoms with van der Waals surface area (Å²) in [5, 5.41) is 10.5. The van der Waals surface area contributed by atoms with Crippen molar-refractivity contribution in [3.05, 3.63) is 63.7 Å². The summed E-state index contributed by atoms with van der Waals surface area (Å²) in [5.74, 6) is -1.48. The Morgan fingerprint density at radius 2 is 1.66 bits per heavy atom. The molecule has 0 saturated carbocycles. The highest BCUT2D eigenvalue weighted by Crippen LogP contribution is 2.41. The second-order valence-corrected chi connectivity index (χ2v) is 9.35. The smallest absolute Gasteiger partial charge is 0.303 e. The van der Waals surface area contributed by atoms with E-state index in [2.05, 4.69) is 0 Å². The van der Waals surface area contributed by atoms with Gasteiger partial charge in [-0.05, 0) is 54.7 Å². The lowest BCUT2D eigenvalue weighted by atomic mass is 9.83. The van der Waals surface area contributed by atoms with Gasteiger partial charge in [0.25, 0.3) is 0 Å². The summed E-state index contributed by atoms with van der Waals surface area (Å²) in [6, 6.07) is 10.4. The van der Waals surface area contributed by atoms with Crippen molar-refractivity contribution in [2.75, 3.05) is 0 Å². The summed E-state index contributed by atoms with van der Waals surface area (Å²) in [4.78, 5) is 35.5. The second-order valence-electron chi connectivity index (χ2n) is 8.95. The molecule has 5 atom stereocenters. The zero-order valence-electron chi connectivity index (χ0n) is 20.5. The number of hydrogen-bond donors (Lipinski definition) is 1. The maximum atomic E-state index is 11.9. The quantitative estimate of drug-likeness (QED) is 0.411. The van der Waals surface area contributed by atoms with Crippen LogP contribution in [0.4, 0.5) is 0 Å². The Morgan fingerprint density at radius 3 is 2.26 bits per heavy atom. The molecule has 1 saturated heterocycles. The third kappa shape index (κ3) is 6.21. The lowest BCUT2D eigenvalue weighted by Crippen LogP contribution is -2.52. The van der Waals surface area contributed by atoms with Crippen LogP contribution in [0.25, 0.3) is 0 Å². The number of phenolic OH excluding ortho intramolecular Hbond substituents is 1. The van der Waals surface area contributed by atoms with Gasteiger partial charge in [-0.25, -0.2) is 0 Å². The number of aromatic hydroxyl groups is 1. The second kappa shape index (κ2) is 11.2. The lowest BCUT2D eigenvalue weighted by Gasteiger charge is -2.44. The fraction of sp³-hybridized carbons (Fsp3) is 0.444. The molecular formula is C27H31ClO7. The van der Waals surface area contributed by atoms with Crippen molar-refractivity contribution in [2.45, 2.75) is 71.9 Å². The van der Waals surface area contributed by atoms with Gasteiger partial charge in [-0.15, -0.1) is 0 Å². The maximum Gasteiger partial charge on any atom is 0.303 e. The highest BCUT2D eigenvalue weighted by atomic mass is 35.5. The van der Waals surface area contributed by atoms with E-state index in [4.69, 9.17) is 25.8 Å². The van der Waals surface area contributed by atoms with Crippen LogP contribution in [0, 0.1) is 5.92 Å². The van der Waals surface area contributed by atoms with Gasteiger partial charge in [0.15, 0.2) is 5.78 Å². The summed E-state index contributed by atoms with van der Waals surface area (Å²) in [6.45, 7) is 7.91. The van der Waals surface area contributed by atoms with Gasteiger partial charge in [-0.1, -0.05) is 43.6 Å². The van der Waals surface area contributed by atoms with Crippen LogP contribution in [-0.2, 0) is 30.2 Å². The predicted molar refractivity (Wildman–Crippen MR) is 131 cm³/mol. The molecule has 8 heteroatoms. The van der Waals surface area contributed by atoms with Gasteiger partial charge in [-0.3, -0.25) is 14.4 Å². The van der Waals surface area contributed by atoms with Crippen LogP contribution < -0.4 is 0 Å². The van der Waals surface area contributed by atoms with Crippen LogP contribution in [0.15, 0.2) is 36.4 Å². The molecule has 0 spiro atoms. The van der Waals surface area contributed by atoms with Gasteiger partial charge in [0.1, 0.15) is 24.1 Å². The Hall–Kier alpha value is -2.90. The first kappa shape index (κ1) is 26.7. The summed E-state index contributed by atoms with van der Waals surface area (Å²) < 4.78 is 17.6. The summed E-state index contributed by atoms with van der Waals surface area (Å²) in [7, 11) is 0. The van der Waals surface area contributed by atoms with E-state index in [1.807, 2.05) is 26.0 Å². The molecular weight excluding hydrogens is 472 g/mol. The molecule has 35 heavy (non-hydrogen) atoms. The van der Waals surface area contributed by atoms with Gasteiger partial charge in [0.2, 0.25) is 0 Å². The lowest BCUT2D eigenvalue weighted by molar-refractivity contribution is -0.223. The Kier molecular flexibility index (Phi) is 8.56. The third-order valence-electron chi connectivity index (χ3n) is 6.26. The maximum absolute atomic E-state index is 11.9. The van der Waals surface area contributed by atoms with E-state index in [9.17, 15) is 19.5 Å². The molecule has 0 amide bonds. The number of Topliss-reactive ketones (excluding diaryl/α,β-unsaturated/α-hetero) is 1. The first-order valence-corrected chi connectivity index (χ1v) is 12.0. The Balaban J connectivity index is 1.97. The minimum Gasteiger partial charge on any atom is -0.507 e. The van der Waals surface area contributed by atoms with Crippen molar-refractivity contribution < 1.29 is 33.7 Å². The molecule has 0 unspecified atom stereocenters. The summed E-state index contributed by atoms with van der Waals surface area (Å²) in [5.41, 5.74) is 2.62. The number of carbonyl (C=O) groups excluding carboxylic acids is 3. The van der Waals surface area contributed by atoms with Crippen molar-refractivity contribution in [3.63, 3.8) is 0 Å². The number of hydrogen-bond acceptors (Lipinski definition) is 7. The number of rotatable bonds is 7. The zero-order valence-corrected chi connectivity index (χ0v) is 21.3. The number of benzene rings is 2. The van der Waals surface area contributed by atoms with Crippen molar-refractivity contribution in [1.29, 1.82) is 0 Å². The molecule has 188 valence electrons. The zero-order chi connectivity index (χ0) is 25.9. The molecule has 1 N–H and O–H groups in total. The normalized spacial score (nSPS) is 24.0. The van der Waals surface area contributed by atoms with Crippen molar-refractivity contribution in [2.24, 2.45) is 5.92 Å². The van der Waals surface area contributed by atoms with E-state index in [0.717, 1.165) is 16.7 Å². The molecule has 1 aliphatic rings. The molecule has 2 aromatic rings. The standard InChI is InChI=1S/C27H31ClO7/c1-6-24-25(33-16(4)30)14(2)26(34-17(5)31)27(35-24)19-8-9-22(28)20(13-19)11-18-7-10-23(32)21(12-18)15(3)29/h7-10,12-14,24-27,32H,6,11H2,1-5H3/t14-,24+,25-,26+,27-/m0/s1. The average Bonchev–Trinajstić information content (AvgIpc) is 2.78. The first-order valence-electron chi connectivity index (χ1n) is 11.6. The van der Waals surface area contributed by atoms with E-state index in [1.54, 1.807) is 18.2 Å². The number of ether oxygens (including phenoxy) is 3. The minimum absolute atomic E-state index is 0.0668. The summed E-state index contributed by atoms with van der Waals surface area (Å²) in [6.07, 6.45) is -1.16. The Labute approximate surface area is 210 Å². The average molecular weight is 503 g/mol. The number of carbonyl (C=O) groups is 3. The molecule has 0 radical (unpaired) electrons. The van der Waals surface area contributed by atoms with Gasteiger partial charge < -0.3 is 19.3 Å². The van der Waals surface area contributed by atoms with Crippen LogP contribution in [0.1, 0.15) is 74.2 Å². The largest absolute Gasteiger partial charge is 0.507 e. The topological polar surface area (TPSA) is 99.1 Å². The number of ketones is 1. The van der Waals surface area contributed by atoms with Crippen molar-refractivity contribution in [3.8, 4) is 5.75 Å². The molecule has 1 aliphatic heterocycles. The molecule has 2 aromatic carbocycles. The van der Waals surface area contributed by atoms with Crippen LogP contribution >= 0.6 is 11.6 Å². The Morgan fingerprint density at radius 1 is 1.00 bits per heavy atom. The van der Waals surface area contributed by atoms with E-state index < -0.39 is 30.3 Å². The highest BCUT2D eigenvalue weighted by Gasteiger charge is 2.47. The number of halogens is 1. The number of esters is 2. The summed E-state index contributed by atoms with van der Waals surface area (Å²) >= 11 is 6.50. The van der Waals surface area contributed by atoms with Gasteiger partial charge in [0.05, 0.1) is 11.7 Å². The monoisotopic (exact) mass is 502 g/mol. The van der Waals surface area contributed by atoms with Gasteiger partial charge >= 0.3 is 11.9 Å². The van der Waals surface area contributed by atoms with E-state index in [0.29, 0.717) is 17.9 Å². The van der Waals surface area contributed by atoms with Crippen molar-refractivity contribution >= 4 is 29.3 Å². The van der Waals surface area contributed by atoms with E-state index >= 15 is 0 Å². The fourth-order valence-electron chi connectivity index (χ4n) is 4.58. The van der Waals surface area contributed by atoms with Crippen LogP contribution in [0.5, 0.6) is 5.75 Å². The number of phenols is 1. The van der Waals surface area contributed by atoms with Crippen LogP contribution in [-0.4, -0.2) is 41.1 Å². The van der Waals surface area contributed by atoms with Crippen LogP contribution in [0.3, 0.4) is 0 Å². The molecule has 3 rings (SSSR count).